The number of hydrogen-bond acceptors (Lipinski definition) is 2. The first-order valence-corrected chi connectivity index (χ1v) is 6.95. The quantitative estimate of drug-likeness (QED) is 0.759. The topological polar surface area (TPSA) is 9.23 Å². The highest BCUT2D eigenvalue weighted by Crippen LogP contribution is 2.33. The van der Waals surface area contributed by atoms with Gasteiger partial charge in [0.1, 0.15) is 5.75 Å². The lowest BCUT2D eigenvalue weighted by Gasteiger charge is -2.04. The fourth-order valence-corrected chi connectivity index (χ4v) is 2.67. The number of ether oxygens (including phenoxy) is 1. The Kier molecular flexibility index (Phi) is 4.37. The Balaban J connectivity index is 2.16. The van der Waals surface area contributed by atoms with E-state index >= 15 is 0 Å². The van der Waals surface area contributed by atoms with E-state index in [-0.39, 0.29) is 0 Å². The molecule has 0 aliphatic carbocycles. The van der Waals surface area contributed by atoms with Crippen molar-refractivity contribution in [2.45, 2.75) is 9.79 Å². The van der Waals surface area contributed by atoms with Gasteiger partial charge in [-0.3, -0.25) is 0 Å². The van der Waals surface area contributed by atoms with E-state index in [2.05, 4.69) is 15.9 Å². The zero-order chi connectivity index (χ0) is 12.3. The van der Waals surface area contributed by atoms with Crippen LogP contribution in [0.4, 0.5) is 0 Å². The maximum atomic E-state index is 6.05. The van der Waals surface area contributed by atoms with Gasteiger partial charge in [0.2, 0.25) is 0 Å². The maximum absolute atomic E-state index is 6.05. The lowest BCUT2D eigenvalue weighted by Crippen LogP contribution is -1.81. The SMILES string of the molecule is COc1ccc(Sc2ccc(Br)c(Cl)c2)cc1. The van der Waals surface area contributed by atoms with Gasteiger partial charge in [0.25, 0.3) is 0 Å². The Morgan fingerprint density at radius 3 is 2.29 bits per heavy atom. The summed E-state index contributed by atoms with van der Waals surface area (Å²) >= 11 is 11.1. The molecule has 1 nitrogen and oxygen atoms in total. The van der Waals surface area contributed by atoms with E-state index < -0.39 is 0 Å². The molecule has 0 radical (unpaired) electrons. The van der Waals surface area contributed by atoms with Gasteiger partial charge in [-0.25, -0.2) is 0 Å². The van der Waals surface area contributed by atoms with Gasteiger partial charge in [-0.2, -0.15) is 0 Å². The molecule has 2 rings (SSSR count). The molecule has 4 heteroatoms. The average Bonchev–Trinajstić information content (AvgIpc) is 2.35. The van der Waals surface area contributed by atoms with Crippen molar-refractivity contribution in [2.75, 3.05) is 7.11 Å². The van der Waals surface area contributed by atoms with Crippen molar-refractivity contribution in [2.24, 2.45) is 0 Å². The molecule has 0 heterocycles. The highest BCUT2D eigenvalue weighted by Gasteiger charge is 2.01. The first kappa shape index (κ1) is 12.8. The lowest BCUT2D eigenvalue weighted by atomic mass is 10.3. The Morgan fingerprint density at radius 2 is 1.71 bits per heavy atom. The molecule has 0 bridgehead atoms. The monoisotopic (exact) mass is 328 g/mol. The summed E-state index contributed by atoms with van der Waals surface area (Å²) < 4.78 is 6.03. The minimum atomic E-state index is 0.725. The lowest BCUT2D eigenvalue weighted by molar-refractivity contribution is 0.414. The van der Waals surface area contributed by atoms with Crippen LogP contribution in [-0.2, 0) is 0 Å². The molecule has 0 aromatic heterocycles. The molecule has 0 unspecified atom stereocenters. The summed E-state index contributed by atoms with van der Waals surface area (Å²) in [5.74, 6) is 0.864. The van der Waals surface area contributed by atoms with Crippen LogP contribution in [0.5, 0.6) is 5.75 Å². The first-order chi connectivity index (χ1) is 8.19. The predicted octanol–water partition coefficient (Wildman–Crippen LogP) is 5.26. The second-order valence-corrected chi connectivity index (χ2v) is 5.76. The van der Waals surface area contributed by atoms with Crippen LogP contribution in [0.15, 0.2) is 56.7 Å². The van der Waals surface area contributed by atoms with Crippen molar-refractivity contribution in [3.63, 3.8) is 0 Å². The van der Waals surface area contributed by atoms with Crippen molar-refractivity contribution in [3.05, 3.63) is 52.0 Å². The second kappa shape index (κ2) is 5.80. The summed E-state index contributed by atoms with van der Waals surface area (Å²) in [6.45, 7) is 0. The van der Waals surface area contributed by atoms with E-state index in [1.807, 2.05) is 42.5 Å². The molecule has 88 valence electrons. The third-order valence-electron chi connectivity index (χ3n) is 2.19. The van der Waals surface area contributed by atoms with Crippen molar-refractivity contribution >= 4 is 39.3 Å². The highest BCUT2D eigenvalue weighted by molar-refractivity contribution is 9.10. The molecule has 0 saturated heterocycles. The number of rotatable bonds is 3. The van der Waals surface area contributed by atoms with E-state index in [9.17, 15) is 0 Å². The van der Waals surface area contributed by atoms with Gasteiger partial charge in [0.05, 0.1) is 12.1 Å². The van der Waals surface area contributed by atoms with Crippen LogP contribution in [0.1, 0.15) is 0 Å². The maximum Gasteiger partial charge on any atom is 0.118 e. The van der Waals surface area contributed by atoms with Crippen LogP contribution >= 0.6 is 39.3 Å². The Morgan fingerprint density at radius 1 is 1.06 bits per heavy atom. The first-order valence-electron chi connectivity index (χ1n) is 4.96. The predicted molar refractivity (Wildman–Crippen MR) is 76.3 cm³/mol. The normalized spacial score (nSPS) is 10.3. The van der Waals surface area contributed by atoms with E-state index in [0.29, 0.717) is 0 Å². The number of halogens is 2. The fourth-order valence-electron chi connectivity index (χ4n) is 1.32. The van der Waals surface area contributed by atoms with E-state index in [0.717, 1.165) is 25.0 Å². The summed E-state index contributed by atoms with van der Waals surface area (Å²) in [4.78, 5) is 2.27. The van der Waals surface area contributed by atoms with Gasteiger partial charge in [-0.15, -0.1) is 0 Å². The molecular formula is C13H10BrClOS. The van der Waals surface area contributed by atoms with Gasteiger partial charge in [0.15, 0.2) is 0 Å². The molecule has 0 aliphatic heterocycles. The molecule has 0 aliphatic rings. The van der Waals surface area contributed by atoms with E-state index in [1.54, 1.807) is 18.9 Å². The fraction of sp³-hybridized carbons (Fsp3) is 0.0769. The Bertz CT molecular complexity index is 513. The van der Waals surface area contributed by atoms with Crippen LogP contribution in [0.3, 0.4) is 0 Å². The van der Waals surface area contributed by atoms with E-state index in [1.165, 1.54) is 0 Å². The van der Waals surface area contributed by atoms with Crippen molar-refractivity contribution in [1.82, 2.24) is 0 Å². The van der Waals surface area contributed by atoms with Crippen LogP contribution in [-0.4, -0.2) is 7.11 Å². The summed E-state index contributed by atoms with van der Waals surface area (Å²) in [5, 5.41) is 0.725. The van der Waals surface area contributed by atoms with Crippen LogP contribution < -0.4 is 4.74 Å². The van der Waals surface area contributed by atoms with Gasteiger partial charge in [0, 0.05) is 14.3 Å². The largest absolute Gasteiger partial charge is 0.497 e. The zero-order valence-electron chi connectivity index (χ0n) is 9.11. The van der Waals surface area contributed by atoms with Gasteiger partial charge >= 0.3 is 0 Å². The van der Waals surface area contributed by atoms with Crippen LogP contribution in [0.25, 0.3) is 0 Å². The van der Waals surface area contributed by atoms with Gasteiger partial charge in [-0.05, 0) is 58.4 Å². The third-order valence-corrected chi connectivity index (χ3v) is 4.42. The number of benzene rings is 2. The molecule has 0 amide bonds. The Labute approximate surface area is 118 Å². The molecule has 17 heavy (non-hydrogen) atoms. The highest BCUT2D eigenvalue weighted by atomic mass is 79.9. The minimum Gasteiger partial charge on any atom is -0.497 e. The second-order valence-electron chi connectivity index (χ2n) is 3.35. The van der Waals surface area contributed by atoms with Crippen LogP contribution in [0.2, 0.25) is 5.02 Å². The summed E-state index contributed by atoms with van der Waals surface area (Å²) in [5.41, 5.74) is 0. The molecule has 0 spiro atoms. The molecule has 0 atom stereocenters. The molecular weight excluding hydrogens is 320 g/mol. The molecule has 2 aromatic rings. The van der Waals surface area contributed by atoms with E-state index in [4.69, 9.17) is 16.3 Å². The van der Waals surface area contributed by atoms with Crippen molar-refractivity contribution < 1.29 is 4.74 Å². The van der Waals surface area contributed by atoms with Crippen molar-refractivity contribution in [1.29, 1.82) is 0 Å². The number of methoxy groups -OCH3 is 1. The molecule has 0 saturated carbocycles. The number of hydrogen-bond donors (Lipinski definition) is 0. The Hall–Kier alpha value is -0.640. The third kappa shape index (κ3) is 3.41. The smallest absolute Gasteiger partial charge is 0.118 e. The molecule has 2 aromatic carbocycles. The van der Waals surface area contributed by atoms with Crippen LogP contribution in [0, 0.1) is 0 Å². The molecule has 0 fully saturated rings. The van der Waals surface area contributed by atoms with Gasteiger partial charge < -0.3 is 4.74 Å². The zero-order valence-corrected chi connectivity index (χ0v) is 12.3. The summed E-state index contributed by atoms with van der Waals surface area (Å²) in [6.07, 6.45) is 0. The summed E-state index contributed by atoms with van der Waals surface area (Å²) in [7, 11) is 1.66. The average molecular weight is 330 g/mol. The molecule has 0 N–H and O–H groups in total. The van der Waals surface area contributed by atoms with Gasteiger partial charge in [-0.1, -0.05) is 23.4 Å². The minimum absolute atomic E-state index is 0.725. The standard InChI is InChI=1S/C13H10BrClOS/c1-16-9-2-4-10(5-3-9)17-11-6-7-12(14)13(15)8-11/h2-8H,1H3. The summed E-state index contributed by atoms with van der Waals surface area (Å²) in [6, 6.07) is 13.9. The van der Waals surface area contributed by atoms with Crippen molar-refractivity contribution in [3.8, 4) is 5.75 Å².